The molecule has 1 unspecified atom stereocenters. The third-order valence-electron chi connectivity index (χ3n) is 5.75. The van der Waals surface area contributed by atoms with Gasteiger partial charge in [-0.3, -0.25) is 10.2 Å². The average Bonchev–Trinajstić information content (AvgIpc) is 3.35. The van der Waals surface area contributed by atoms with Gasteiger partial charge in [-0.05, 0) is 67.1 Å². The van der Waals surface area contributed by atoms with E-state index in [0.29, 0.717) is 39.6 Å². The maximum atomic E-state index is 12.8. The van der Waals surface area contributed by atoms with E-state index in [1.165, 1.54) is 16.8 Å². The van der Waals surface area contributed by atoms with Gasteiger partial charge in [-0.15, -0.1) is 0 Å². The van der Waals surface area contributed by atoms with E-state index in [2.05, 4.69) is 10.1 Å². The van der Waals surface area contributed by atoms with Gasteiger partial charge < -0.3 is 14.2 Å². The van der Waals surface area contributed by atoms with E-state index in [-0.39, 0.29) is 24.1 Å². The topological polar surface area (TPSA) is 96.6 Å². The Morgan fingerprint density at radius 2 is 1.74 bits per heavy atom. The summed E-state index contributed by atoms with van der Waals surface area (Å²) in [6, 6.07) is 24.8. The molecular weight excluding hydrogens is 500 g/mol. The van der Waals surface area contributed by atoms with E-state index in [0.717, 1.165) is 5.56 Å². The lowest BCUT2D eigenvalue weighted by molar-refractivity contribution is -0.114. The van der Waals surface area contributed by atoms with Crippen LogP contribution in [0.2, 0.25) is 0 Å². The van der Waals surface area contributed by atoms with Crippen LogP contribution in [0.5, 0.6) is 17.2 Å². The van der Waals surface area contributed by atoms with Crippen LogP contribution in [0.3, 0.4) is 0 Å². The van der Waals surface area contributed by atoms with Gasteiger partial charge in [0.15, 0.2) is 17.3 Å². The first-order valence-corrected chi connectivity index (χ1v) is 13.0. The molecule has 2 aliphatic rings. The van der Waals surface area contributed by atoms with Crippen molar-refractivity contribution in [3.8, 4) is 17.2 Å². The minimum Gasteiger partial charge on any atom is -0.490 e. The molecule has 192 valence electrons. The standard InChI is InChI=1S/C29H26N4O4S/c1-3-35-25-17-20(14-15-24(25)37-19(2)21-10-6-4-7-11-21)16-23-27(30)33-29(31-28(23)34)38-26(32-33)18-36-22-12-8-5-9-13-22/h4-17,19,30H,3,18H2,1-2H3. The number of rotatable bonds is 9. The quantitative estimate of drug-likeness (QED) is 0.348. The number of amidine groups is 2. The Hall–Kier alpha value is -4.37. The largest absolute Gasteiger partial charge is 0.490 e. The number of para-hydroxylation sites is 1. The van der Waals surface area contributed by atoms with Crippen molar-refractivity contribution in [2.75, 3.05) is 13.2 Å². The number of thioether (sulfide) groups is 1. The molecule has 9 heteroatoms. The third kappa shape index (κ3) is 5.63. The highest BCUT2D eigenvalue weighted by Crippen LogP contribution is 2.34. The average molecular weight is 527 g/mol. The molecule has 2 aliphatic heterocycles. The van der Waals surface area contributed by atoms with E-state index in [1.54, 1.807) is 12.1 Å². The fourth-order valence-electron chi connectivity index (χ4n) is 3.88. The number of fused-ring (bicyclic) bond motifs is 1. The first-order valence-electron chi connectivity index (χ1n) is 12.2. The van der Waals surface area contributed by atoms with Gasteiger partial charge in [0, 0.05) is 0 Å². The van der Waals surface area contributed by atoms with Crippen LogP contribution in [-0.2, 0) is 4.79 Å². The van der Waals surface area contributed by atoms with Crippen LogP contribution in [0.15, 0.2) is 94.5 Å². The van der Waals surface area contributed by atoms with Crippen LogP contribution in [0.25, 0.3) is 6.08 Å². The van der Waals surface area contributed by atoms with Gasteiger partial charge in [-0.25, -0.2) is 0 Å². The third-order valence-corrected chi connectivity index (χ3v) is 6.64. The number of nitrogens with one attached hydrogen (secondary N) is 1. The summed E-state index contributed by atoms with van der Waals surface area (Å²) in [6.07, 6.45) is 1.45. The van der Waals surface area contributed by atoms with E-state index in [9.17, 15) is 4.79 Å². The second kappa shape index (κ2) is 11.4. The highest BCUT2D eigenvalue weighted by molar-refractivity contribution is 8.27. The van der Waals surface area contributed by atoms with E-state index in [4.69, 9.17) is 19.6 Å². The number of amides is 1. The van der Waals surface area contributed by atoms with E-state index < -0.39 is 5.91 Å². The van der Waals surface area contributed by atoms with E-state index >= 15 is 0 Å². The van der Waals surface area contributed by atoms with Crippen molar-refractivity contribution in [2.45, 2.75) is 20.0 Å². The molecule has 0 aliphatic carbocycles. The molecule has 0 spiro atoms. The molecule has 1 amide bonds. The fraction of sp³-hybridized carbons (Fsp3) is 0.172. The molecule has 3 aromatic rings. The number of hydrogen-bond donors (Lipinski definition) is 1. The highest BCUT2D eigenvalue weighted by Gasteiger charge is 2.35. The summed E-state index contributed by atoms with van der Waals surface area (Å²) in [6.45, 7) is 4.54. The van der Waals surface area contributed by atoms with Crippen molar-refractivity contribution in [3.05, 3.63) is 95.6 Å². The molecule has 1 atom stereocenters. The first kappa shape index (κ1) is 25.3. The molecule has 1 N–H and O–H groups in total. The summed E-state index contributed by atoms with van der Waals surface area (Å²) < 4.78 is 17.8. The second-order valence-electron chi connectivity index (χ2n) is 8.43. The summed E-state index contributed by atoms with van der Waals surface area (Å²) in [5.74, 6) is 1.33. The lowest BCUT2D eigenvalue weighted by atomic mass is 10.1. The van der Waals surface area contributed by atoms with Crippen LogP contribution in [0.4, 0.5) is 0 Å². The Morgan fingerprint density at radius 3 is 2.47 bits per heavy atom. The van der Waals surface area contributed by atoms with Gasteiger partial charge in [0.05, 0.1) is 12.2 Å². The Kier molecular flexibility index (Phi) is 7.55. The summed E-state index contributed by atoms with van der Waals surface area (Å²) in [4.78, 5) is 17.0. The first-order chi connectivity index (χ1) is 18.5. The zero-order chi connectivity index (χ0) is 26.5. The van der Waals surface area contributed by atoms with Crippen LogP contribution in [0.1, 0.15) is 31.1 Å². The number of hydrazone groups is 1. The molecule has 0 saturated carbocycles. The molecule has 8 nitrogen and oxygen atoms in total. The zero-order valence-corrected chi connectivity index (χ0v) is 21.8. The smallest absolute Gasteiger partial charge is 0.283 e. The van der Waals surface area contributed by atoms with E-state index in [1.807, 2.05) is 86.6 Å². The Labute approximate surface area is 225 Å². The number of carbonyl (C=O) groups is 1. The molecular formula is C29H26N4O4S. The molecule has 0 fully saturated rings. The number of aliphatic imine (C=N–C) groups is 1. The maximum absolute atomic E-state index is 12.8. The van der Waals surface area contributed by atoms with Crippen LogP contribution >= 0.6 is 11.8 Å². The number of ether oxygens (including phenoxy) is 3. The van der Waals surface area contributed by atoms with Gasteiger partial charge in [-0.1, -0.05) is 54.6 Å². The SMILES string of the molecule is CCOc1cc(C=C2C(=N)N3N=C(COc4ccccc4)SC3=NC2=O)ccc1OC(C)c1ccccc1. The van der Waals surface area contributed by atoms with Gasteiger partial charge in [0.2, 0.25) is 5.17 Å². The van der Waals surface area contributed by atoms with Gasteiger partial charge >= 0.3 is 0 Å². The van der Waals surface area contributed by atoms with Crippen molar-refractivity contribution >= 4 is 39.8 Å². The summed E-state index contributed by atoms with van der Waals surface area (Å²) in [7, 11) is 0. The number of benzene rings is 3. The van der Waals surface area contributed by atoms with Crippen molar-refractivity contribution in [2.24, 2.45) is 10.1 Å². The minimum atomic E-state index is -0.495. The van der Waals surface area contributed by atoms with Gasteiger partial charge in [0.1, 0.15) is 23.5 Å². The van der Waals surface area contributed by atoms with Crippen molar-refractivity contribution in [1.29, 1.82) is 5.41 Å². The monoisotopic (exact) mass is 526 g/mol. The minimum absolute atomic E-state index is 0.0433. The summed E-state index contributed by atoms with van der Waals surface area (Å²) >= 11 is 1.22. The number of nitrogens with zero attached hydrogens (tertiary/aromatic N) is 3. The Morgan fingerprint density at radius 1 is 1.00 bits per heavy atom. The molecule has 5 rings (SSSR count). The molecule has 38 heavy (non-hydrogen) atoms. The zero-order valence-electron chi connectivity index (χ0n) is 21.0. The van der Waals surface area contributed by atoms with Crippen molar-refractivity contribution < 1.29 is 19.0 Å². The highest BCUT2D eigenvalue weighted by atomic mass is 32.2. The van der Waals surface area contributed by atoms with Crippen LogP contribution in [-0.4, -0.2) is 40.2 Å². The predicted octanol–water partition coefficient (Wildman–Crippen LogP) is 5.92. The fourth-order valence-corrected chi connectivity index (χ4v) is 4.68. The Balaban J connectivity index is 1.34. The Bertz CT molecular complexity index is 1440. The molecule has 0 aromatic heterocycles. The molecule has 0 saturated heterocycles. The molecule has 0 radical (unpaired) electrons. The lowest BCUT2D eigenvalue weighted by Gasteiger charge is -2.20. The number of hydrogen-bond acceptors (Lipinski definition) is 7. The molecule has 0 bridgehead atoms. The van der Waals surface area contributed by atoms with Crippen LogP contribution in [0, 0.1) is 5.41 Å². The van der Waals surface area contributed by atoms with Crippen molar-refractivity contribution in [1.82, 2.24) is 5.01 Å². The van der Waals surface area contributed by atoms with Gasteiger partial charge in [-0.2, -0.15) is 15.1 Å². The normalized spacial score (nSPS) is 16.6. The molecule has 2 heterocycles. The number of carbonyl (C=O) groups excluding carboxylic acids is 1. The van der Waals surface area contributed by atoms with Crippen LogP contribution < -0.4 is 14.2 Å². The molecule has 3 aromatic carbocycles. The second-order valence-corrected chi connectivity index (χ2v) is 9.47. The lowest BCUT2D eigenvalue weighted by Crippen LogP contribution is -2.35. The maximum Gasteiger partial charge on any atom is 0.283 e. The summed E-state index contributed by atoms with van der Waals surface area (Å²) in [5.41, 5.74) is 1.87. The predicted molar refractivity (Wildman–Crippen MR) is 150 cm³/mol. The van der Waals surface area contributed by atoms with Gasteiger partial charge in [0.25, 0.3) is 5.91 Å². The van der Waals surface area contributed by atoms with Crippen molar-refractivity contribution in [3.63, 3.8) is 0 Å². The summed E-state index contributed by atoms with van der Waals surface area (Å²) in [5, 5.41) is 15.4.